The largest absolute Gasteiger partial charge is 0.497 e. The van der Waals surface area contributed by atoms with Gasteiger partial charge in [-0.25, -0.2) is 5.01 Å². The van der Waals surface area contributed by atoms with E-state index in [0.717, 1.165) is 53.6 Å². The lowest BCUT2D eigenvalue weighted by Gasteiger charge is -2.37. The van der Waals surface area contributed by atoms with Gasteiger partial charge in [0, 0.05) is 39.8 Å². The van der Waals surface area contributed by atoms with Crippen LogP contribution in [-0.4, -0.2) is 51.0 Å². The maximum absolute atomic E-state index is 13.9. The molecule has 1 fully saturated rings. The second-order valence-corrected chi connectivity index (χ2v) is 10.5. The van der Waals surface area contributed by atoms with Gasteiger partial charge in [0.2, 0.25) is 5.91 Å². The van der Waals surface area contributed by atoms with Gasteiger partial charge in [0.25, 0.3) is 5.91 Å². The molecular formula is C27H29ClN4O3S. The van der Waals surface area contributed by atoms with Crippen LogP contribution in [0.2, 0.25) is 5.02 Å². The number of hydrazine groups is 1. The van der Waals surface area contributed by atoms with E-state index < -0.39 is 0 Å². The Labute approximate surface area is 220 Å². The number of amides is 1. The lowest BCUT2D eigenvalue weighted by molar-refractivity contribution is -0.145. The zero-order valence-corrected chi connectivity index (χ0v) is 22.0. The van der Waals surface area contributed by atoms with Gasteiger partial charge in [0.05, 0.1) is 30.8 Å². The van der Waals surface area contributed by atoms with E-state index in [-0.39, 0.29) is 24.3 Å². The fraction of sp³-hybridized carbons (Fsp3) is 0.370. The predicted molar refractivity (Wildman–Crippen MR) is 145 cm³/mol. The van der Waals surface area contributed by atoms with Gasteiger partial charge < -0.3 is 4.74 Å². The molecular weight excluding hydrogens is 496 g/mol. The average molecular weight is 525 g/mol. The molecule has 1 amide bonds. The van der Waals surface area contributed by atoms with Crippen LogP contribution in [0, 0.1) is 6.92 Å². The van der Waals surface area contributed by atoms with Crippen molar-refractivity contribution in [1.29, 1.82) is 0 Å². The zero-order valence-electron chi connectivity index (χ0n) is 20.4. The Kier molecular flexibility index (Phi) is 7.25. The monoisotopic (exact) mass is 524 g/mol. The highest BCUT2D eigenvalue weighted by atomic mass is 35.5. The molecule has 0 saturated heterocycles. The number of carbonyl (C=O) groups is 2. The number of hydrogen-bond acceptors (Lipinski definition) is 6. The van der Waals surface area contributed by atoms with E-state index in [1.165, 1.54) is 18.4 Å². The van der Waals surface area contributed by atoms with Crippen LogP contribution in [0.1, 0.15) is 53.7 Å². The predicted octanol–water partition coefficient (Wildman–Crippen LogP) is 5.87. The first-order valence-corrected chi connectivity index (χ1v) is 13.6. The van der Waals surface area contributed by atoms with Crippen LogP contribution >= 0.6 is 23.5 Å². The van der Waals surface area contributed by atoms with Crippen molar-refractivity contribution in [2.45, 2.75) is 51.5 Å². The van der Waals surface area contributed by atoms with Gasteiger partial charge in [-0.05, 0) is 67.8 Å². The molecule has 0 unspecified atom stereocenters. The molecule has 2 aromatic carbocycles. The van der Waals surface area contributed by atoms with Crippen LogP contribution in [0.3, 0.4) is 0 Å². The van der Waals surface area contributed by atoms with Crippen LogP contribution in [0.5, 0.6) is 5.75 Å². The molecule has 0 bridgehead atoms. The Morgan fingerprint density at radius 2 is 1.89 bits per heavy atom. The first-order chi connectivity index (χ1) is 17.5. The van der Waals surface area contributed by atoms with Crippen molar-refractivity contribution in [2.24, 2.45) is 5.10 Å². The lowest BCUT2D eigenvalue weighted by Crippen LogP contribution is -2.48. The average Bonchev–Trinajstić information content (AvgIpc) is 3.51. The molecule has 5 rings (SSSR count). The number of methoxy groups -OCH3 is 1. The first-order valence-electron chi connectivity index (χ1n) is 12.2. The number of rotatable bonds is 6. The standard InChI is InChI=1S/C27H29ClN4O3S/c1-18-23(17-26(33)31(32-29-14-15-36-32)21-6-4-3-5-7-21)24-16-22(35-2)12-13-25(24)30(18)27(34)19-8-10-20(28)11-9-19/h8-14,16,21H,3-7,15,17H2,1-2H3. The summed E-state index contributed by atoms with van der Waals surface area (Å²) in [7, 11) is 1.61. The van der Waals surface area contributed by atoms with Crippen molar-refractivity contribution >= 4 is 52.5 Å². The minimum Gasteiger partial charge on any atom is -0.497 e. The molecule has 3 aromatic rings. The van der Waals surface area contributed by atoms with Crippen molar-refractivity contribution in [3.8, 4) is 5.75 Å². The Balaban J connectivity index is 1.55. The van der Waals surface area contributed by atoms with Gasteiger partial charge in [-0.1, -0.05) is 30.9 Å². The topological polar surface area (TPSA) is 67.1 Å². The molecule has 1 saturated carbocycles. The number of hydrogen-bond donors (Lipinski definition) is 0. The second-order valence-electron chi connectivity index (χ2n) is 9.15. The summed E-state index contributed by atoms with van der Waals surface area (Å²) in [6, 6.07) is 12.6. The number of aromatic nitrogens is 1. The fourth-order valence-corrected chi connectivity index (χ4v) is 6.02. The van der Waals surface area contributed by atoms with E-state index >= 15 is 0 Å². The molecule has 0 atom stereocenters. The molecule has 2 aliphatic rings. The van der Waals surface area contributed by atoms with Gasteiger partial charge in [0.15, 0.2) is 0 Å². The van der Waals surface area contributed by atoms with Crippen molar-refractivity contribution in [1.82, 2.24) is 14.1 Å². The van der Waals surface area contributed by atoms with Gasteiger partial charge in [0.1, 0.15) is 5.75 Å². The summed E-state index contributed by atoms with van der Waals surface area (Å²) >= 11 is 7.57. The zero-order chi connectivity index (χ0) is 25.2. The normalized spacial score (nSPS) is 16.0. The first kappa shape index (κ1) is 24.7. The third-order valence-corrected chi connectivity index (χ3v) is 8.02. The molecule has 1 aromatic heterocycles. The van der Waals surface area contributed by atoms with E-state index in [4.69, 9.17) is 16.3 Å². The molecule has 2 heterocycles. The summed E-state index contributed by atoms with van der Waals surface area (Å²) in [4.78, 5) is 27.5. The number of ether oxygens (including phenoxy) is 1. The van der Waals surface area contributed by atoms with E-state index in [2.05, 4.69) is 5.10 Å². The number of nitrogens with zero attached hydrogens (tertiary/aromatic N) is 4. The SMILES string of the molecule is COc1ccc2c(c1)c(CC(=O)N(C1CCCCC1)N1N=CCS1)c(C)n2C(=O)c1ccc(Cl)cc1. The Bertz CT molecular complexity index is 1310. The highest BCUT2D eigenvalue weighted by molar-refractivity contribution is 7.97. The van der Waals surface area contributed by atoms with E-state index in [0.29, 0.717) is 16.3 Å². The van der Waals surface area contributed by atoms with E-state index in [9.17, 15) is 9.59 Å². The van der Waals surface area contributed by atoms with E-state index in [1.807, 2.05) is 36.3 Å². The Hall–Kier alpha value is -2.97. The highest BCUT2D eigenvalue weighted by Gasteiger charge is 2.33. The number of fused-ring (bicyclic) bond motifs is 1. The van der Waals surface area contributed by atoms with Crippen molar-refractivity contribution in [3.63, 3.8) is 0 Å². The Morgan fingerprint density at radius 3 is 2.56 bits per heavy atom. The smallest absolute Gasteiger partial charge is 0.262 e. The quantitative estimate of drug-likeness (QED) is 0.377. The number of hydrazone groups is 1. The Morgan fingerprint density at radius 1 is 1.14 bits per heavy atom. The van der Waals surface area contributed by atoms with Gasteiger partial charge >= 0.3 is 0 Å². The van der Waals surface area contributed by atoms with Crippen LogP contribution in [0.25, 0.3) is 10.9 Å². The van der Waals surface area contributed by atoms with Gasteiger partial charge in [-0.3, -0.25) is 14.2 Å². The highest BCUT2D eigenvalue weighted by Crippen LogP contribution is 2.33. The van der Waals surface area contributed by atoms with Crippen molar-refractivity contribution < 1.29 is 14.3 Å². The molecule has 7 nitrogen and oxygen atoms in total. The fourth-order valence-electron chi connectivity index (χ4n) is 5.15. The van der Waals surface area contributed by atoms with Crippen LogP contribution in [0.4, 0.5) is 0 Å². The molecule has 0 spiro atoms. The summed E-state index contributed by atoms with van der Waals surface area (Å²) in [5.74, 6) is 1.25. The van der Waals surface area contributed by atoms with Crippen molar-refractivity contribution in [2.75, 3.05) is 12.9 Å². The number of halogens is 1. The lowest BCUT2D eigenvalue weighted by atomic mass is 9.94. The molecule has 0 N–H and O–H groups in total. The maximum Gasteiger partial charge on any atom is 0.262 e. The van der Waals surface area contributed by atoms with Gasteiger partial charge in [-0.15, -0.1) is 4.52 Å². The van der Waals surface area contributed by atoms with E-state index in [1.54, 1.807) is 40.5 Å². The summed E-state index contributed by atoms with van der Waals surface area (Å²) < 4.78 is 8.92. The minimum absolute atomic E-state index is 0.0163. The molecule has 1 aliphatic carbocycles. The number of carbonyl (C=O) groups excluding carboxylic acids is 2. The van der Waals surface area contributed by atoms with Gasteiger partial charge in [-0.2, -0.15) is 5.10 Å². The molecule has 188 valence electrons. The van der Waals surface area contributed by atoms with Crippen molar-refractivity contribution in [3.05, 3.63) is 64.3 Å². The maximum atomic E-state index is 13.9. The number of benzene rings is 2. The summed E-state index contributed by atoms with van der Waals surface area (Å²) in [5.41, 5.74) is 2.84. The summed E-state index contributed by atoms with van der Waals surface area (Å²) in [5, 5.41) is 7.70. The molecule has 1 aliphatic heterocycles. The third-order valence-electron chi connectivity index (χ3n) is 6.97. The minimum atomic E-state index is -0.165. The molecule has 9 heteroatoms. The summed E-state index contributed by atoms with van der Waals surface area (Å²) in [6.45, 7) is 1.90. The summed E-state index contributed by atoms with van der Waals surface area (Å²) in [6.07, 6.45) is 7.38. The van der Waals surface area contributed by atoms with Crippen LogP contribution in [-0.2, 0) is 11.2 Å². The van der Waals surface area contributed by atoms with Crippen LogP contribution in [0.15, 0.2) is 47.6 Å². The second kappa shape index (κ2) is 10.6. The third kappa shape index (κ3) is 4.72. The molecule has 0 radical (unpaired) electrons. The van der Waals surface area contributed by atoms with Crippen LogP contribution < -0.4 is 4.74 Å². The molecule has 36 heavy (non-hydrogen) atoms.